The summed E-state index contributed by atoms with van der Waals surface area (Å²) in [5.41, 5.74) is 0. The smallest absolute Gasteiger partial charge is 0.169 e. The van der Waals surface area contributed by atoms with E-state index in [1.165, 1.54) is 0 Å². The van der Waals surface area contributed by atoms with Crippen LogP contribution in [0.15, 0.2) is 12.2 Å². The quantitative estimate of drug-likeness (QED) is 0.409. The van der Waals surface area contributed by atoms with Crippen LogP contribution in [-0.2, 0) is 14.3 Å². The van der Waals surface area contributed by atoms with Crippen LogP contribution in [0, 0.1) is 23.7 Å². The molecule has 0 aromatic heterocycles. The van der Waals surface area contributed by atoms with Crippen LogP contribution < -0.4 is 0 Å². The molecule has 3 nitrogen and oxygen atoms in total. The molecule has 2 bridgehead atoms. The standard InChI is InChI=1S/C11H10O3/c12-8-6-4-1-2-5(3-4)7(6)9(13)11-10(8)14-11/h1-2,4-7,10-11H,3H2/t4-,5-,6-,7-,10-,11+/m0/s1. The van der Waals surface area contributed by atoms with Crippen molar-refractivity contribution in [3.63, 3.8) is 0 Å². The van der Waals surface area contributed by atoms with Crippen LogP contribution in [0.2, 0.25) is 0 Å². The van der Waals surface area contributed by atoms with Gasteiger partial charge in [-0.2, -0.15) is 0 Å². The number of carbonyl (C=O) groups excluding carboxylic acids is 2. The maximum absolute atomic E-state index is 11.9. The summed E-state index contributed by atoms with van der Waals surface area (Å²) in [6.07, 6.45) is 4.50. The highest BCUT2D eigenvalue weighted by molar-refractivity contribution is 6.06. The highest BCUT2D eigenvalue weighted by atomic mass is 16.6. The second kappa shape index (κ2) is 2.01. The Morgan fingerprint density at radius 2 is 1.50 bits per heavy atom. The van der Waals surface area contributed by atoms with Crippen molar-refractivity contribution < 1.29 is 14.3 Å². The van der Waals surface area contributed by atoms with Crippen molar-refractivity contribution in [1.82, 2.24) is 0 Å². The van der Waals surface area contributed by atoms with E-state index in [0.29, 0.717) is 11.8 Å². The molecule has 72 valence electrons. The highest BCUT2D eigenvalue weighted by Gasteiger charge is 2.66. The van der Waals surface area contributed by atoms with E-state index < -0.39 is 0 Å². The minimum Gasteiger partial charge on any atom is -0.353 e. The first-order valence-electron chi connectivity index (χ1n) is 5.18. The lowest BCUT2D eigenvalue weighted by Crippen LogP contribution is -2.43. The molecule has 14 heavy (non-hydrogen) atoms. The molecule has 3 aliphatic carbocycles. The summed E-state index contributed by atoms with van der Waals surface area (Å²) < 4.78 is 5.14. The second-order valence-electron chi connectivity index (χ2n) is 4.78. The fraction of sp³-hybridized carbons (Fsp3) is 0.636. The molecule has 0 unspecified atom stereocenters. The molecule has 3 heteroatoms. The first-order chi connectivity index (χ1) is 6.77. The van der Waals surface area contributed by atoms with Crippen LogP contribution in [0.1, 0.15) is 6.42 Å². The number of ketones is 2. The summed E-state index contributed by atoms with van der Waals surface area (Å²) in [4.78, 5) is 23.7. The molecule has 6 atom stereocenters. The van der Waals surface area contributed by atoms with Crippen LogP contribution in [0.5, 0.6) is 0 Å². The number of epoxide rings is 1. The van der Waals surface area contributed by atoms with Crippen LogP contribution in [0.3, 0.4) is 0 Å². The maximum Gasteiger partial charge on any atom is 0.169 e. The van der Waals surface area contributed by atoms with Gasteiger partial charge in [0.15, 0.2) is 23.8 Å². The molecular weight excluding hydrogens is 180 g/mol. The van der Waals surface area contributed by atoms with E-state index in [-0.39, 0.29) is 35.6 Å². The monoisotopic (exact) mass is 190 g/mol. The van der Waals surface area contributed by atoms with Crippen molar-refractivity contribution in [1.29, 1.82) is 0 Å². The third kappa shape index (κ3) is 0.630. The molecule has 0 radical (unpaired) electrons. The lowest BCUT2D eigenvalue weighted by Gasteiger charge is -2.27. The van der Waals surface area contributed by atoms with Crippen molar-refractivity contribution in [3.8, 4) is 0 Å². The minimum atomic E-state index is -0.364. The predicted octanol–water partition coefficient (Wildman–Crippen LogP) is 0.344. The number of Topliss-reactive ketones (excluding diaryl/α,β-unsaturated/α-hetero) is 2. The zero-order chi connectivity index (χ0) is 9.45. The largest absolute Gasteiger partial charge is 0.353 e. The second-order valence-corrected chi connectivity index (χ2v) is 4.78. The SMILES string of the molecule is O=C1[C@@H]2[C@@H](C(=O)[C@@H]3O[C@H]13)[C@H]1C=C[C@H]2C1. The third-order valence-corrected chi connectivity index (χ3v) is 4.17. The number of fused-ring (bicyclic) bond motifs is 6. The van der Waals surface area contributed by atoms with Gasteiger partial charge in [0.05, 0.1) is 0 Å². The molecule has 0 spiro atoms. The predicted molar refractivity (Wildman–Crippen MR) is 46.4 cm³/mol. The Balaban J connectivity index is 1.84. The van der Waals surface area contributed by atoms with Gasteiger partial charge in [-0.05, 0) is 18.3 Å². The summed E-state index contributed by atoms with van der Waals surface area (Å²) in [6.45, 7) is 0. The van der Waals surface area contributed by atoms with Gasteiger partial charge in [0.2, 0.25) is 0 Å². The third-order valence-electron chi connectivity index (χ3n) is 4.17. The van der Waals surface area contributed by atoms with Crippen molar-refractivity contribution in [2.75, 3.05) is 0 Å². The van der Waals surface area contributed by atoms with Crippen molar-refractivity contribution >= 4 is 11.6 Å². The first-order valence-corrected chi connectivity index (χ1v) is 5.18. The fourth-order valence-electron chi connectivity index (χ4n) is 3.52. The van der Waals surface area contributed by atoms with E-state index in [2.05, 4.69) is 12.2 Å². The Kier molecular flexibility index (Phi) is 1.05. The van der Waals surface area contributed by atoms with Crippen molar-refractivity contribution in [2.45, 2.75) is 18.6 Å². The number of carbonyl (C=O) groups is 2. The molecular formula is C11H10O3. The fourth-order valence-corrected chi connectivity index (χ4v) is 3.52. The summed E-state index contributed by atoms with van der Waals surface area (Å²) >= 11 is 0. The van der Waals surface area contributed by atoms with Crippen LogP contribution >= 0.6 is 0 Å². The molecule has 2 saturated carbocycles. The van der Waals surface area contributed by atoms with Crippen molar-refractivity contribution in [2.24, 2.45) is 23.7 Å². The first kappa shape index (κ1) is 7.35. The number of hydrogen-bond donors (Lipinski definition) is 0. The summed E-state index contributed by atoms with van der Waals surface area (Å²) in [6, 6.07) is 0. The Hall–Kier alpha value is -0.960. The Bertz CT molecular complexity index is 350. The Labute approximate surface area is 81.1 Å². The summed E-state index contributed by atoms with van der Waals surface area (Å²) in [5, 5.41) is 0. The summed E-state index contributed by atoms with van der Waals surface area (Å²) in [5.74, 6) is 0.952. The molecule has 0 N–H and O–H groups in total. The number of ether oxygens (including phenoxy) is 1. The maximum atomic E-state index is 11.9. The van der Waals surface area contributed by atoms with Crippen LogP contribution in [0.4, 0.5) is 0 Å². The normalized spacial score (nSPS) is 57.4. The zero-order valence-corrected chi connectivity index (χ0v) is 7.55. The molecule has 4 aliphatic rings. The molecule has 3 fully saturated rings. The average molecular weight is 190 g/mol. The number of rotatable bonds is 0. The minimum absolute atomic E-state index is 0.0405. The van der Waals surface area contributed by atoms with E-state index in [1.54, 1.807) is 0 Å². The molecule has 1 heterocycles. The van der Waals surface area contributed by atoms with Gasteiger partial charge in [0.25, 0.3) is 0 Å². The lowest BCUT2D eigenvalue weighted by molar-refractivity contribution is -0.135. The van der Waals surface area contributed by atoms with Gasteiger partial charge in [-0.3, -0.25) is 9.59 Å². The van der Waals surface area contributed by atoms with Gasteiger partial charge in [-0.1, -0.05) is 12.2 Å². The topological polar surface area (TPSA) is 46.7 Å². The number of allylic oxidation sites excluding steroid dienone is 2. The van der Waals surface area contributed by atoms with Gasteiger partial charge in [0, 0.05) is 11.8 Å². The van der Waals surface area contributed by atoms with E-state index in [1.807, 2.05) is 0 Å². The molecule has 0 amide bonds. The Morgan fingerprint density at radius 1 is 1.00 bits per heavy atom. The zero-order valence-electron chi connectivity index (χ0n) is 7.55. The van der Waals surface area contributed by atoms with Crippen LogP contribution in [0.25, 0.3) is 0 Å². The Morgan fingerprint density at radius 3 is 2.00 bits per heavy atom. The van der Waals surface area contributed by atoms with E-state index >= 15 is 0 Å². The molecule has 4 rings (SSSR count). The van der Waals surface area contributed by atoms with Gasteiger partial charge in [-0.15, -0.1) is 0 Å². The van der Waals surface area contributed by atoms with E-state index in [9.17, 15) is 9.59 Å². The molecule has 0 aromatic carbocycles. The molecule has 1 saturated heterocycles. The highest BCUT2D eigenvalue weighted by Crippen LogP contribution is 2.54. The lowest BCUT2D eigenvalue weighted by atomic mass is 9.72. The van der Waals surface area contributed by atoms with Crippen LogP contribution in [-0.4, -0.2) is 23.8 Å². The van der Waals surface area contributed by atoms with Gasteiger partial charge >= 0.3 is 0 Å². The van der Waals surface area contributed by atoms with Gasteiger partial charge < -0.3 is 4.74 Å². The summed E-state index contributed by atoms with van der Waals surface area (Å²) in [7, 11) is 0. The molecule has 0 aromatic rings. The van der Waals surface area contributed by atoms with E-state index in [4.69, 9.17) is 4.74 Å². The average Bonchev–Trinajstić information content (AvgIpc) is 2.74. The van der Waals surface area contributed by atoms with Gasteiger partial charge in [-0.25, -0.2) is 0 Å². The molecule has 1 aliphatic heterocycles. The van der Waals surface area contributed by atoms with Crippen molar-refractivity contribution in [3.05, 3.63) is 12.2 Å². The van der Waals surface area contributed by atoms with E-state index in [0.717, 1.165) is 6.42 Å². The van der Waals surface area contributed by atoms with Gasteiger partial charge in [0.1, 0.15) is 0 Å². The number of hydrogen-bond acceptors (Lipinski definition) is 3.